The molecule has 166 valence electrons. The Morgan fingerprint density at radius 3 is 2.58 bits per heavy atom. The Bertz CT molecular complexity index is 1370. The van der Waals surface area contributed by atoms with E-state index < -0.39 is 0 Å². The van der Waals surface area contributed by atoms with Crippen LogP contribution in [-0.2, 0) is 6.42 Å². The molecule has 3 heterocycles. The lowest BCUT2D eigenvalue weighted by Gasteiger charge is -2.17. The first kappa shape index (κ1) is 20.9. The zero-order valence-electron chi connectivity index (χ0n) is 18.9. The first-order valence-electron chi connectivity index (χ1n) is 11.1. The minimum Gasteiger partial charge on any atom is -0.322 e. The van der Waals surface area contributed by atoms with Crippen molar-refractivity contribution in [2.75, 3.05) is 16.8 Å². The quantitative estimate of drug-likeness (QED) is 0.496. The Kier molecular flexibility index (Phi) is 5.17. The van der Waals surface area contributed by atoms with Gasteiger partial charge < -0.3 is 10.2 Å². The van der Waals surface area contributed by atoms with Crippen molar-refractivity contribution in [3.63, 3.8) is 0 Å². The van der Waals surface area contributed by atoms with Crippen molar-refractivity contribution in [2.24, 2.45) is 0 Å². The van der Waals surface area contributed by atoms with Gasteiger partial charge in [-0.05, 0) is 69.2 Å². The molecule has 0 spiro atoms. The van der Waals surface area contributed by atoms with Crippen molar-refractivity contribution >= 4 is 34.2 Å². The number of anilines is 2. The van der Waals surface area contributed by atoms with Gasteiger partial charge in [0.15, 0.2) is 5.65 Å². The average molecular weight is 440 g/mol. The van der Waals surface area contributed by atoms with Crippen molar-refractivity contribution in [3.05, 3.63) is 83.2 Å². The van der Waals surface area contributed by atoms with Crippen molar-refractivity contribution in [1.82, 2.24) is 14.8 Å². The highest BCUT2D eigenvalue weighted by Gasteiger charge is 2.25. The second-order valence-electron chi connectivity index (χ2n) is 8.58. The van der Waals surface area contributed by atoms with Gasteiger partial charge >= 0.3 is 0 Å². The Hall–Kier alpha value is -4.00. The first-order valence-corrected chi connectivity index (χ1v) is 11.1. The fraction of sp³-hybridized carbons (Fsp3) is 0.231. The summed E-state index contributed by atoms with van der Waals surface area (Å²) in [6.45, 7) is 6.59. The van der Waals surface area contributed by atoms with Crippen LogP contribution in [0.2, 0.25) is 0 Å². The third-order valence-electron chi connectivity index (χ3n) is 6.02. The van der Waals surface area contributed by atoms with Crippen LogP contribution < -0.4 is 10.2 Å². The molecule has 0 bridgehead atoms. The lowest BCUT2D eigenvalue weighted by Crippen LogP contribution is -2.28. The van der Waals surface area contributed by atoms with E-state index in [4.69, 9.17) is 0 Å². The number of benzene rings is 2. The van der Waals surface area contributed by atoms with Crippen LogP contribution in [-0.4, -0.2) is 33.1 Å². The third kappa shape index (κ3) is 3.75. The molecule has 0 unspecified atom stereocenters. The SMILES string of the molecule is Cc1nc2c(cnn2C(C)C)cc1C(=O)Nc1ccc(C(=O)N2CCc3ccccc32)cc1. The smallest absolute Gasteiger partial charge is 0.258 e. The van der Waals surface area contributed by atoms with Crippen LogP contribution in [0.15, 0.2) is 60.8 Å². The van der Waals surface area contributed by atoms with Gasteiger partial charge in [-0.15, -0.1) is 0 Å². The van der Waals surface area contributed by atoms with E-state index in [-0.39, 0.29) is 17.9 Å². The Balaban J connectivity index is 1.33. The van der Waals surface area contributed by atoms with Crippen LogP contribution in [0.3, 0.4) is 0 Å². The van der Waals surface area contributed by atoms with Gasteiger partial charge in [-0.3, -0.25) is 9.59 Å². The maximum Gasteiger partial charge on any atom is 0.258 e. The zero-order valence-corrected chi connectivity index (χ0v) is 18.9. The number of hydrogen-bond acceptors (Lipinski definition) is 4. The number of amides is 2. The summed E-state index contributed by atoms with van der Waals surface area (Å²) in [5.41, 5.74) is 5.28. The van der Waals surface area contributed by atoms with Crippen LogP contribution in [0.4, 0.5) is 11.4 Å². The highest BCUT2D eigenvalue weighted by atomic mass is 16.2. The van der Waals surface area contributed by atoms with Gasteiger partial charge in [0, 0.05) is 34.9 Å². The molecule has 0 fully saturated rings. The predicted molar refractivity (Wildman–Crippen MR) is 129 cm³/mol. The molecule has 7 nitrogen and oxygen atoms in total. The van der Waals surface area contributed by atoms with E-state index in [0.29, 0.717) is 29.1 Å². The van der Waals surface area contributed by atoms with Crippen molar-refractivity contribution < 1.29 is 9.59 Å². The number of carbonyl (C=O) groups is 2. The van der Waals surface area contributed by atoms with Crippen molar-refractivity contribution in [2.45, 2.75) is 33.2 Å². The number of aromatic nitrogens is 3. The molecule has 0 saturated carbocycles. The monoisotopic (exact) mass is 439 g/mol. The molecule has 0 saturated heterocycles. The lowest BCUT2D eigenvalue weighted by atomic mass is 10.1. The van der Waals surface area contributed by atoms with Gasteiger partial charge in [0.25, 0.3) is 11.8 Å². The van der Waals surface area contributed by atoms with E-state index in [9.17, 15) is 9.59 Å². The molecule has 2 aromatic carbocycles. The molecule has 33 heavy (non-hydrogen) atoms. The van der Waals surface area contributed by atoms with Crippen LogP contribution >= 0.6 is 0 Å². The van der Waals surface area contributed by atoms with Crippen molar-refractivity contribution in [1.29, 1.82) is 0 Å². The summed E-state index contributed by atoms with van der Waals surface area (Å²) in [5, 5.41) is 8.12. The summed E-state index contributed by atoms with van der Waals surface area (Å²) in [5.74, 6) is -0.280. The summed E-state index contributed by atoms with van der Waals surface area (Å²) in [7, 11) is 0. The second-order valence-corrected chi connectivity index (χ2v) is 8.58. The molecule has 0 atom stereocenters. The molecular weight excluding hydrogens is 414 g/mol. The fourth-order valence-corrected chi connectivity index (χ4v) is 4.27. The average Bonchev–Trinajstić information content (AvgIpc) is 3.42. The molecule has 1 N–H and O–H groups in total. The third-order valence-corrected chi connectivity index (χ3v) is 6.02. The molecule has 0 aliphatic carbocycles. The Morgan fingerprint density at radius 2 is 1.82 bits per heavy atom. The van der Waals surface area contributed by atoms with Crippen LogP contribution in [0.5, 0.6) is 0 Å². The number of para-hydroxylation sites is 1. The second kappa shape index (κ2) is 8.16. The molecule has 4 aromatic rings. The van der Waals surface area contributed by atoms with Crippen LogP contribution in [0, 0.1) is 6.92 Å². The normalized spacial score (nSPS) is 12.9. The minimum absolute atomic E-state index is 0.0366. The summed E-state index contributed by atoms with van der Waals surface area (Å²) in [4.78, 5) is 32.4. The number of pyridine rings is 1. The molecule has 2 aromatic heterocycles. The summed E-state index contributed by atoms with van der Waals surface area (Å²) >= 11 is 0. The Morgan fingerprint density at radius 1 is 1.06 bits per heavy atom. The van der Waals surface area contributed by atoms with E-state index in [1.54, 1.807) is 30.5 Å². The maximum atomic E-state index is 13.0. The van der Waals surface area contributed by atoms with E-state index in [1.165, 1.54) is 5.56 Å². The van der Waals surface area contributed by atoms with Gasteiger partial charge in [-0.1, -0.05) is 18.2 Å². The molecule has 1 aliphatic rings. The standard InChI is InChI=1S/C26H25N5O2/c1-16(2)31-24-20(15-27-31)14-22(17(3)28-24)25(32)29-21-10-8-19(9-11-21)26(33)30-13-12-18-6-4-5-7-23(18)30/h4-11,14-16H,12-13H2,1-3H3,(H,29,32). The van der Waals surface area contributed by atoms with E-state index in [1.807, 2.05) is 54.6 Å². The highest BCUT2D eigenvalue weighted by molar-refractivity contribution is 6.09. The van der Waals surface area contributed by atoms with E-state index in [0.717, 1.165) is 23.1 Å². The number of fused-ring (bicyclic) bond motifs is 2. The van der Waals surface area contributed by atoms with Gasteiger partial charge in [0.1, 0.15) is 0 Å². The summed E-state index contributed by atoms with van der Waals surface area (Å²) in [6.07, 6.45) is 2.60. The van der Waals surface area contributed by atoms with Crippen LogP contribution in [0.25, 0.3) is 11.0 Å². The maximum absolute atomic E-state index is 13.0. The van der Waals surface area contributed by atoms with Crippen LogP contribution in [0.1, 0.15) is 51.9 Å². The van der Waals surface area contributed by atoms with Crippen molar-refractivity contribution in [3.8, 4) is 0 Å². The van der Waals surface area contributed by atoms with Gasteiger partial charge in [0.05, 0.1) is 17.5 Å². The summed E-state index contributed by atoms with van der Waals surface area (Å²) in [6, 6.07) is 17.0. The van der Waals surface area contributed by atoms with E-state index >= 15 is 0 Å². The van der Waals surface area contributed by atoms with Gasteiger partial charge in [-0.25, -0.2) is 9.67 Å². The number of carbonyl (C=O) groups excluding carboxylic acids is 2. The lowest BCUT2D eigenvalue weighted by molar-refractivity contribution is 0.0988. The molecule has 0 radical (unpaired) electrons. The minimum atomic E-state index is -0.244. The first-order chi connectivity index (χ1) is 15.9. The number of rotatable bonds is 4. The molecule has 5 rings (SSSR count). The predicted octanol–water partition coefficient (Wildman–Crippen LogP) is 4.78. The van der Waals surface area contributed by atoms with Gasteiger partial charge in [0.2, 0.25) is 0 Å². The highest BCUT2D eigenvalue weighted by Crippen LogP contribution is 2.29. The molecule has 2 amide bonds. The van der Waals surface area contributed by atoms with Gasteiger partial charge in [-0.2, -0.15) is 5.10 Å². The zero-order chi connectivity index (χ0) is 23.1. The number of nitrogens with zero attached hydrogens (tertiary/aromatic N) is 4. The molecule has 1 aliphatic heterocycles. The van der Waals surface area contributed by atoms with E-state index in [2.05, 4.69) is 21.5 Å². The number of hydrogen-bond donors (Lipinski definition) is 1. The topological polar surface area (TPSA) is 80.1 Å². The Labute approximate surface area is 192 Å². The largest absolute Gasteiger partial charge is 0.322 e. The summed E-state index contributed by atoms with van der Waals surface area (Å²) < 4.78 is 1.85. The molecule has 7 heteroatoms. The molecular formula is C26H25N5O2. The fourth-order valence-electron chi connectivity index (χ4n) is 4.27. The number of nitrogens with one attached hydrogen (secondary N) is 1. The number of aryl methyl sites for hydroxylation is 1.